The van der Waals surface area contributed by atoms with Gasteiger partial charge in [0.2, 0.25) is 0 Å². The Morgan fingerprint density at radius 2 is 2.00 bits per heavy atom. The van der Waals surface area contributed by atoms with Crippen LogP contribution in [0.25, 0.3) is 0 Å². The molecular formula is C11H26N2O. The highest BCUT2D eigenvalue weighted by atomic mass is 16.5. The van der Waals surface area contributed by atoms with E-state index < -0.39 is 0 Å². The third-order valence-corrected chi connectivity index (χ3v) is 0.801. The van der Waals surface area contributed by atoms with Gasteiger partial charge in [-0.05, 0) is 14.0 Å². The molecule has 0 amide bonds. The van der Waals surface area contributed by atoms with Crippen LogP contribution in [-0.2, 0) is 4.74 Å². The number of allylic oxidation sites excluding steroid dienone is 2. The highest BCUT2D eigenvalue weighted by molar-refractivity contribution is 5.71. The van der Waals surface area contributed by atoms with Gasteiger partial charge in [-0.3, -0.25) is 0 Å². The van der Waals surface area contributed by atoms with Gasteiger partial charge in [0.1, 0.15) is 12.4 Å². The quantitative estimate of drug-likeness (QED) is 0.312. The lowest BCUT2D eigenvalue weighted by Gasteiger charge is -2.02. The van der Waals surface area contributed by atoms with E-state index in [1.54, 1.807) is 6.08 Å². The summed E-state index contributed by atoms with van der Waals surface area (Å²) >= 11 is 0. The second-order valence-electron chi connectivity index (χ2n) is 1.97. The molecule has 0 heterocycles. The van der Waals surface area contributed by atoms with Crippen molar-refractivity contribution in [3.63, 3.8) is 0 Å². The number of hydrogen-bond acceptors (Lipinski definition) is 3. The van der Waals surface area contributed by atoms with Crippen LogP contribution in [0.2, 0.25) is 0 Å². The molecule has 0 saturated carbocycles. The maximum Gasteiger partial charge on any atom is 0.129 e. The summed E-state index contributed by atoms with van der Waals surface area (Å²) in [6.07, 6.45) is 2.84. The van der Waals surface area contributed by atoms with Gasteiger partial charge in [0.25, 0.3) is 0 Å². The minimum Gasteiger partial charge on any atom is -0.491 e. The molecule has 0 unspecified atom stereocenters. The van der Waals surface area contributed by atoms with E-state index in [4.69, 9.17) is 10.1 Å². The van der Waals surface area contributed by atoms with E-state index in [-0.39, 0.29) is 1.43 Å². The van der Waals surface area contributed by atoms with Crippen molar-refractivity contribution < 1.29 is 6.16 Å². The van der Waals surface area contributed by atoms with Crippen LogP contribution in [-0.4, -0.2) is 26.4 Å². The molecule has 0 aromatic heterocycles. The van der Waals surface area contributed by atoms with Crippen LogP contribution in [0, 0.1) is 5.41 Å². The van der Waals surface area contributed by atoms with Gasteiger partial charge in [0, 0.05) is 7.97 Å². The van der Waals surface area contributed by atoms with Crippen molar-refractivity contribution >= 4 is 6.21 Å². The number of ether oxygens (including phenoxy) is 1. The summed E-state index contributed by atoms with van der Waals surface area (Å²) in [6, 6.07) is 0. The normalized spacial score (nSPS) is 6.86. The lowest BCUT2D eigenvalue weighted by molar-refractivity contribution is 0.236. The fourth-order valence-electron chi connectivity index (χ4n) is 0.326. The standard InChI is InChI=1S/C6H12N2O.C3H6.C2H6.H2/c1-6(5-7)9-4-3-8-2;1-3-2;1-2;/h5,7-8H,1,3-4H2,2H3;3H,1H2,2H3;1-2H3;1H. The Hall–Kier alpha value is -1.09. The summed E-state index contributed by atoms with van der Waals surface area (Å²) in [6.45, 7) is 14.1. The molecule has 0 saturated heterocycles. The molecule has 2 N–H and O–H groups in total. The van der Waals surface area contributed by atoms with Crippen molar-refractivity contribution in [3.05, 3.63) is 25.0 Å². The lowest BCUT2D eigenvalue weighted by Crippen LogP contribution is -2.13. The summed E-state index contributed by atoms with van der Waals surface area (Å²) < 4.78 is 4.93. The average Bonchev–Trinajstić information content (AvgIpc) is 2.22. The van der Waals surface area contributed by atoms with Crippen molar-refractivity contribution in [2.45, 2.75) is 20.8 Å². The Bertz CT molecular complexity index is 139. The first-order chi connectivity index (χ1) is 6.72. The molecule has 0 spiro atoms. The number of nitrogens with one attached hydrogen (secondary N) is 2. The SMILES string of the molecule is C=C(C=N)OCCNC.C=CC.CC.[HH]. The highest BCUT2D eigenvalue weighted by Crippen LogP contribution is 1.84. The fourth-order valence-corrected chi connectivity index (χ4v) is 0.326. The van der Waals surface area contributed by atoms with Crippen molar-refractivity contribution in [2.24, 2.45) is 0 Å². The topological polar surface area (TPSA) is 45.1 Å². The first-order valence-corrected chi connectivity index (χ1v) is 4.76. The van der Waals surface area contributed by atoms with Crippen molar-refractivity contribution in [3.8, 4) is 0 Å². The van der Waals surface area contributed by atoms with Crippen LogP contribution < -0.4 is 5.32 Å². The van der Waals surface area contributed by atoms with Crippen molar-refractivity contribution in [1.82, 2.24) is 5.32 Å². The molecule has 0 aliphatic heterocycles. The van der Waals surface area contributed by atoms with E-state index in [9.17, 15) is 0 Å². The van der Waals surface area contributed by atoms with E-state index in [2.05, 4.69) is 18.5 Å². The predicted molar refractivity (Wildman–Crippen MR) is 67.1 cm³/mol. The molecule has 0 radical (unpaired) electrons. The largest absolute Gasteiger partial charge is 0.491 e. The highest BCUT2D eigenvalue weighted by Gasteiger charge is 1.85. The van der Waals surface area contributed by atoms with Crippen molar-refractivity contribution in [1.29, 1.82) is 5.41 Å². The van der Waals surface area contributed by atoms with Gasteiger partial charge < -0.3 is 15.5 Å². The van der Waals surface area contributed by atoms with Gasteiger partial charge in [0.15, 0.2) is 0 Å². The lowest BCUT2D eigenvalue weighted by atomic mass is 10.6. The molecule has 14 heavy (non-hydrogen) atoms. The molecule has 0 aliphatic carbocycles. The molecule has 3 heteroatoms. The Kier molecular flexibility index (Phi) is 30.2. The zero-order valence-corrected chi connectivity index (χ0v) is 9.89. The summed E-state index contributed by atoms with van der Waals surface area (Å²) in [5.74, 6) is 0.408. The van der Waals surface area contributed by atoms with Crippen LogP contribution in [0.1, 0.15) is 22.2 Å². The molecule has 0 rings (SSSR count). The van der Waals surface area contributed by atoms with Crippen LogP contribution in [0.15, 0.2) is 25.0 Å². The van der Waals surface area contributed by atoms with E-state index in [1.807, 2.05) is 27.8 Å². The zero-order chi connectivity index (χ0) is 11.8. The summed E-state index contributed by atoms with van der Waals surface area (Å²) in [5.41, 5.74) is 0. The average molecular weight is 202 g/mol. The molecule has 0 aromatic carbocycles. The van der Waals surface area contributed by atoms with Crippen LogP contribution in [0.5, 0.6) is 0 Å². The minimum atomic E-state index is 0. The van der Waals surface area contributed by atoms with Gasteiger partial charge >= 0.3 is 0 Å². The Labute approximate surface area is 89.9 Å². The molecule has 0 aromatic rings. The van der Waals surface area contributed by atoms with E-state index in [0.29, 0.717) is 12.4 Å². The monoisotopic (exact) mass is 202 g/mol. The second-order valence-corrected chi connectivity index (χ2v) is 1.97. The smallest absolute Gasteiger partial charge is 0.129 e. The molecule has 0 bridgehead atoms. The van der Waals surface area contributed by atoms with E-state index in [0.717, 1.165) is 12.8 Å². The number of rotatable bonds is 5. The molecule has 0 fully saturated rings. The first-order valence-electron chi connectivity index (χ1n) is 4.76. The van der Waals surface area contributed by atoms with E-state index >= 15 is 0 Å². The first kappa shape index (κ1) is 18.6. The third kappa shape index (κ3) is 30.7. The van der Waals surface area contributed by atoms with Gasteiger partial charge in [-0.25, -0.2) is 0 Å². The Morgan fingerprint density at radius 1 is 1.57 bits per heavy atom. The van der Waals surface area contributed by atoms with Crippen LogP contribution in [0.4, 0.5) is 0 Å². The van der Waals surface area contributed by atoms with Gasteiger partial charge in [0.05, 0.1) is 6.21 Å². The van der Waals surface area contributed by atoms with Crippen molar-refractivity contribution in [2.75, 3.05) is 20.2 Å². The summed E-state index contributed by atoms with van der Waals surface area (Å²) in [4.78, 5) is 0. The third-order valence-electron chi connectivity index (χ3n) is 0.801. The second kappa shape index (κ2) is 22.7. The molecule has 0 atom stereocenters. The number of hydrogen-bond donors (Lipinski definition) is 2. The zero-order valence-electron chi connectivity index (χ0n) is 9.89. The molecular weight excluding hydrogens is 176 g/mol. The fraction of sp³-hybridized carbons (Fsp3) is 0.545. The maximum atomic E-state index is 6.67. The minimum absolute atomic E-state index is 0. The molecule has 86 valence electrons. The Balaban J connectivity index is -0.0000000867. The Morgan fingerprint density at radius 3 is 2.29 bits per heavy atom. The molecule has 0 aliphatic rings. The van der Waals surface area contributed by atoms with Gasteiger partial charge in [-0.2, -0.15) is 0 Å². The van der Waals surface area contributed by atoms with Gasteiger partial charge in [-0.15, -0.1) is 6.58 Å². The maximum absolute atomic E-state index is 6.67. The van der Waals surface area contributed by atoms with Crippen LogP contribution >= 0.6 is 0 Å². The van der Waals surface area contributed by atoms with Crippen LogP contribution in [0.3, 0.4) is 0 Å². The number of likely N-dealkylation sites (N-methyl/N-ethyl adjacent to an activating group) is 1. The summed E-state index contributed by atoms with van der Waals surface area (Å²) in [5, 5.41) is 9.58. The summed E-state index contributed by atoms with van der Waals surface area (Å²) in [7, 11) is 1.84. The van der Waals surface area contributed by atoms with E-state index in [1.165, 1.54) is 0 Å². The predicted octanol–water partition coefficient (Wildman–Crippen LogP) is 2.85. The van der Waals surface area contributed by atoms with Gasteiger partial charge in [-0.1, -0.05) is 26.5 Å². The molecule has 3 nitrogen and oxygen atoms in total.